The molecule has 29 aromatic rings. The molecule has 0 aliphatic carbocycles. The minimum atomic E-state index is 0.661. The Kier molecular flexibility index (Phi) is 20.3. The number of para-hydroxylation sites is 5. The van der Waals surface area contributed by atoms with Crippen molar-refractivity contribution in [2.75, 3.05) is 0 Å². The summed E-state index contributed by atoms with van der Waals surface area (Å²) in [5, 5.41) is 12.3. The summed E-state index contributed by atoms with van der Waals surface area (Å²) in [4.78, 5) is 65.9. The van der Waals surface area contributed by atoms with Gasteiger partial charge in [-0.3, -0.25) is 4.98 Å². The van der Waals surface area contributed by atoms with E-state index in [-0.39, 0.29) is 0 Å². The lowest BCUT2D eigenvalue weighted by atomic mass is 10.0. The van der Waals surface area contributed by atoms with Crippen molar-refractivity contribution in [3.8, 4) is 136 Å². The van der Waals surface area contributed by atoms with Crippen LogP contribution in [0.25, 0.3) is 283 Å². The van der Waals surface area contributed by atoms with E-state index in [2.05, 4.69) is 322 Å². The topological polar surface area (TPSA) is 181 Å². The van der Waals surface area contributed by atoms with Crippen molar-refractivity contribution >= 4 is 192 Å². The Bertz CT molecular complexity index is 10000. The number of pyridine rings is 1. The second-order valence-electron chi connectivity index (χ2n) is 34.6. The number of rotatable bonds is 12. The van der Waals surface area contributed by atoms with Gasteiger partial charge in [0.05, 0.1) is 86.9 Å². The third-order valence-corrected chi connectivity index (χ3v) is 30.6. The lowest BCUT2D eigenvalue weighted by Gasteiger charge is -2.11. The van der Waals surface area contributed by atoms with Gasteiger partial charge in [-0.25, -0.2) is 59.8 Å². The summed E-state index contributed by atoms with van der Waals surface area (Å²) in [7, 11) is 0. The zero-order valence-corrected chi connectivity index (χ0v) is 78.1. The number of furan rings is 1. The standard InChI is InChI=1S/C42H24N4OS.C42H24N4S2.C39H23N5S/c1-2-10-25(11-3-1)38-40-39(31-14-6-9-17-36(31)48-40)46-42(45-38)27-20-18-26(19-21-27)41-43-33-15-7-4-13-30(33)37(44-41)28-22-23-35-32(24-28)29-12-5-8-16-34(29)47-35;1-2-10-25(11-3-1)38-40-39(32-14-6-9-17-35(32)48-40)46-42(45-38)27-20-18-26(19-21-27)41-43-33-15-7-4-13-31(33)37(44-41)28-22-23-30-29-12-5-8-16-34(29)47-36(30)24-28;1-2-10-24(11-3-1)35-37-36(30-14-6-9-17-33(30)45-37)44-39(43-35)26-20-18-25(19-21-26)38-41-32-16-8-5-13-29(32)34(42-38)28-22-27-12-4-7-15-31(27)40-23-28/h2*1-24H;1-23H. The molecule has 0 aliphatic rings. The Morgan fingerprint density at radius 3 is 0.887 bits per heavy atom. The maximum atomic E-state index is 6.10. The fourth-order valence-corrected chi connectivity index (χ4v) is 23.7. The van der Waals surface area contributed by atoms with Crippen LogP contribution in [0.15, 0.2) is 435 Å². The first-order valence-electron chi connectivity index (χ1n) is 46.4. The Morgan fingerprint density at radius 1 is 0.163 bits per heavy atom. The summed E-state index contributed by atoms with van der Waals surface area (Å²) in [6, 6.07) is 146. The molecule has 0 saturated heterocycles. The molecule has 12 heterocycles. The van der Waals surface area contributed by atoms with Crippen molar-refractivity contribution in [2.45, 2.75) is 0 Å². The smallest absolute Gasteiger partial charge is 0.160 e. The molecule has 0 aliphatic heterocycles. The zero-order valence-electron chi connectivity index (χ0n) is 74.8. The van der Waals surface area contributed by atoms with Gasteiger partial charge < -0.3 is 4.42 Å². The van der Waals surface area contributed by atoms with Gasteiger partial charge in [0.25, 0.3) is 0 Å². The zero-order chi connectivity index (χ0) is 93.0. The summed E-state index contributed by atoms with van der Waals surface area (Å²) in [6.07, 6.45) is 1.90. The van der Waals surface area contributed by atoms with E-state index in [1.165, 1.54) is 34.3 Å². The highest BCUT2D eigenvalue weighted by molar-refractivity contribution is 7.27. The van der Waals surface area contributed by atoms with E-state index in [1.54, 1.807) is 34.0 Å². The maximum absolute atomic E-state index is 6.10. The van der Waals surface area contributed by atoms with E-state index in [0.29, 0.717) is 34.9 Å². The van der Waals surface area contributed by atoms with E-state index in [4.69, 9.17) is 69.2 Å². The van der Waals surface area contributed by atoms with Crippen LogP contribution in [-0.2, 0) is 0 Å². The highest BCUT2D eigenvalue weighted by atomic mass is 32.1. The number of fused-ring (bicyclic) bond motifs is 19. The highest BCUT2D eigenvalue weighted by Gasteiger charge is 2.25. The summed E-state index contributed by atoms with van der Waals surface area (Å²) in [5.74, 6) is 4.10. The van der Waals surface area contributed by atoms with Crippen LogP contribution in [0, 0.1) is 0 Å². The summed E-state index contributed by atoms with van der Waals surface area (Å²) in [6.45, 7) is 0. The van der Waals surface area contributed by atoms with E-state index in [0.717, 1.165) is 213 Å². The van der Waals surface area contributed by atoms with Crippen molar-refractivity contribution in [2.24, 2.45) is 0 Å². The fraction of sp³-hybridized carbons (Fsp3) is 0. The average Bonchev–Trinajstić information content (AvgIpc) is 1.66. The number of hydrogen-bond donors (Lipinski definition) is 0. The predicted octanol–water partition coefficient (Wildman–Crippen LogP) is 33.2. The molecule has 0 N–H and O–H groups in total. The van der Waals surface area contributed by atoms with Crippen LogP contribution in [0.4, 0.5) is 0 Å². The first-order valence-corrected chi connectivity index (χ1v) is 49.6. The molecule has 0 fully saturated rings. The molecule has 0 unspecified atom stereocenters. The van der Waals surface area contributed by atoms with Gasteiger partial charge in [-0.1, -0.05) is 340 Å². The van der Waals surface area contributed by atoms with Gasteiger partial charge in [0.1, 0.15) is 11.2 Å². The lowest BCUT2D eigenvalue weighted by molar-refractivity contribution is 0.669. The van der Waals surface area contributed by atoms with Crippen molar-refractivity contribution in [1.29, 1.82) is 0 Å². The molecule has 0 saturated carbocycles. The van der Waals surface area contributed by atoms with Gasteiger partial charge >= 0.3 is 0 Å². The molecule has 0 radical (unpaired) electrons. The molecule has 18 heteroatoms. The molecule has 0 bridgehead atoms. The normalized spacial score (nSPS) is 11.7. The monoisotopic (exact) mass is 1870 g/mol. The minimum absolute atomic E-state index is 0.661. The highest BCUT2D eigenvalue weighted by Crippen LogP contribution is 2.47. The molecule has 0 atom stereocenters. The van der Waals surface area contributed by atoms with E-state index in [1.807, 2.05) is 121 Å². The number of hydrogen-bond acceptors (Lipinski definition) is 18. The summed E-state index contributed by atoms with van der Waals surface area (Å²) >= 11 is 7.05. The predicted molar refractivity (Wildman–Crippen MR) is 585 cm³/mol. The molecule has 12 aromatic heterocycles. The van der Waals surface area contributed by atoms with Crippen molar-refractivity contribution in [1.82, 2.24) is 64.8 Å². The van der Waals surface area contributed by atoms with E-state index >= 15 is 0 Å². The first-order chi connectivity index (χ1) is 69.8. The molecular weight excluding hydrogens is 1800 g/mol. The molecule has 0 spiro atoms. The van der Waals surface area contributed by atoms with Gasteiger partial charge in [0.15, 0.2) is 34.9 Å². The van der Waals surface area contributed by atoms with Crippen molar-refractivity contribution in [3.05, 3.63) is 431 Å². The molecule has 14 nitrogen and oxygen atoms in total. The second kappa shape index (κ2) is 34.7. The van der Waals surface area contributed by atoms with Crippen LogP contribution >= 0.6 is 45.3 Å². The van der Waals surface area contributed by atoms with Crippen LogP contribution in [0.3, 0.4) is 0 Å². The van der Waals surface area contributed by atoms with Crippen LogP contribution in [0.2, 0.25) is 0 Å². The third kappa shape index (κ3) is 15.0. The molecule has 141 heavy (non-hydrogen) atoms. The van der Waals surface area contributed by atoms with Crippen LogP contribution in [0.1, 0.15) is 0 Å². The van der Waals surface area contributed by atoms with E-state index < -0.39 is 0 Å². The number of nitrogens with zero attached hydrogens (tertiary/aromatic N) is 13. The summed E-state index contributed by atoms with van der Waals surface area (Å²) in [5.41, 5.74) is 25.8. The van der Waals surface area contributed by atoms with Crippen LogP contribution in [-0.4, -0.2) is 64.8 Å². The second-order valence-corrected chi connectivity index (χ2v) is 38.9. The lowest BCUT2D eigenvalue weighted by Crippen LogP contribution is -1.96. The van der Waals surface area contributed by atoms with Crippen molar-refractivity contribution < 1.29 is 4.42 Å². The molecule has 658 valence electrons. The SMILES string of the molecule is c1ccc(-c2nc(-c3ccc(-c4nc(-c5ccc6c(c5)sc5ccccc56)c5ccccc5n4)cc3)nc3c2sc2ccccc23)cc1.c1ccc(-c2nc(-c3ccc(-c4nc(-c5ccc6oc7ccccc7c6c5)c5ccccc5n4)cc3)nc3c2sc2ccccc23)cc1.c1ccc(-c2nc(-c3ccc(-c4nc(-c5cnc6ccccc6c5)c5ccccc5n4)cc3)nc3c2sc2ccccc23)cc1. The van der Waals surface area contributed by atoms with Gasteiger partial charge in [0.2, 0.25) is 0 Å². The summed E-state index contributed by atoms with van der Waals surface area (Å²) < 4.78 is 15.6. The van der Waals surface area contributed by atoms with Crippen LogP contribution in [0.5, 0.6) is 0 Å². The number of benzene rings is 17. The van der Waals surface area contributed by atoms with Crippen LogP contribution < -0.4 is 0 Å². The Hall–Kier alpha value is -17.9. The fourth-order valence-electron chi connectivity index (χ4n) is 19.1. The first kappa shape index (κ1) is 82.5. The molecule has 0 amide bonds. The number of thiophene rings is 4. The third-order valence-electron chi connectivity index (χ3n) is 26.0. The van der Waals surface area contributed by atoms with Crippen molar-refractivity contribution in [3.63, 3.8) is 0 Å². The van der Waals surface area contributed by atoms with Gasteiger partial charge in [-0.05, 0) is 84.9 Å². The molecule has 29 rings (SSSR count). The molecule has 17 aromatic carbocycles. The van der Waals surface area contributed by atoms with Gasteiger partial charge in [-0.2, -0.15) is 0 Å². The molecular formula is C123H71N13OS4. The van der Waals surface area contributed by atoms with Gasteiger partial charge in [-0.15, -0.1) is 45.3 Å². The average molecular weight is 1880 g/mol. The number of aromatic nitrogens is 13. The quantitative estimate of drug-likeness (QED) is 0.113. The minimum Gasteiger partial charge on any atom is -0.456 e. The Balaban J connectivity index is 0.000000106. The maximum Gasteiger partial charge on any atom is 0.160 e. The Morgan fingerprint density at radius 2 is 0.461 bits per heavy atom. The van der Waals surface area contributed by atoms with Gasteiger partial charge in [0, 0.05) is 156 Å². The largest absolute Gasteiger partial charge is 0.456 e. The van der Waals surface area contributed by atoms with E-state index in [9.17, 15) is 0 Å². The Labute approximate surface area is 821 Å².